The highest BCUT2D eigenvalue weighted by Gasteiger charge is 2.31. The van der Waals surface area contributed by atoms with Gasteiger partial charge in [-0.3, -0.25) is 4.79 Å². The first-order valence-corrected chi connectivity index (χ1v) is 10.00. The van der Waals surface area contributed by atoms with Gasteiger partial charge in [-0.15, -0.1) is 0 Å². The van der Waals surface area contributed by atoms with Crippen molar-refractivity contribution >= 4 is 23.3 Å². The molecule has 4 rings (SSSR count). The van der Waals surface area contributed by atoms with E-state index in [1.807, 2.05) is 6.07 Å². The van der Waals surface area contributed by atoms with Crippen LogP contribution in [0.2, 0.25) is 5.02 Å². The number of pyridine rings is 1. The van der Waals surface area contributed by atoms with Gasteiger partial charge in [-0.05, 0) is 37.3 Å². The first-order chi connectivity index (χ1) is 14.7. The SMILES string of the molecule is Cc1c(C(=O)N2CCN(c3ccc(Cl)cn3)CC2)cnn1-c1cccc(C(F)(F)F)c1. The second kappa shape index (κ2) is 8.22. The van der Waals surface area contributed by atoms with Crippen molar-refractivity contribution in [3.63, 3.8) is 0 Å². The molecule has 0 spiro atoms. The van der Waals surface area contributed by atoms with E-state index in [2.05, 4.69) is 15.0 Å². The summed E-state index contributed by atoms with van der Waals surface area (Å²) in [5, 5.41) is 4.73. The number of benzene rings is 1. The highest BCUT2D eigenvalue weighted by atomic mass is 35.5. The minimum Gasteiger partial charge on any atom is -0.353 e. The van der Waals surface area contributed by atoms with E-state index in [1.54, 1.807) is 24.1 Å². The maximum atomic E-state index is 13.0. The monoisotopic (exact) mass is 449 g/mol. The number of rotatable bonds is 3. The lowest BCUT2D eigenvalue weighted by Gasteiger charge is -2.35. The molecular weight excluding hydrogens is 431 g/mol. The third kappa shape index (κ3) is 4.36. The molecular formula is C21H19ClF3N5O. The van der Waals surface area contributed by atoms with Crippen LogP contribution in [0.3, 0.4) is 0 Å². The van der Waals surface area contributed by atoms with Gasteiger partial charge >= 0.3 is 6.18 Å². The van der Waals surface area contributed by atoms with Gasteiger partial charge in [-0.2, -0.15) is 18.3 Å². The smallest absolute Gasteiger partial charge is 0.353 e. The number of hydrogen-bond donors (Lipinski definition) is 0. The molecule has 1 amide bonds. The minimum absolute atomic E-state index is 0.195. The fourth-order valence-corrected chi connectivity index (χ4v) is 3.67. The number of piperazine rings is 1. The number of carbonyl (C=O) groups excluding carboxylic acids is 1. The predicted molar refractivity (Wildman–Crippen MR) is 111 cm³/mol. The summed E-state index contributed by atoms with van der Waals surface area (Å²) in [6.07, 6.45) is -1.46. The zero-order valence-electron chi connectivity index (χ0n) is 16.6. The highest BCUT2D eigenvalue weighted by Crippen LogP contribution is 2.30. The molecule has 0 bridgehead atoms. The molecule has 0 unspecified atom stereocenters. The van der Waals surface area contributed by atoms with Gasteiger partial charge in [0.1, 0.15) is 5.82 Å². The van der Waals surface area contributed by atoms with Crippen molar-refractivity contribution in [1.82, 2.24) is 19.7 Å². The van der Waals surface area contributed by atoms with Crippen LogP contribution in [-0.2, 0) is 6.18 Å². The van der Waals surface area contributed by atoms with Gasteiger partial charge in [0.2, 0.25) is 0 Å². The molecule has 0 radical (unpaired) electrons. The average molecular weight is 450 g/mol. The number of carbonyl (C=O) groups is 1. The van der Waals surface area contributed by atoms with E-state index in [0.717, 1.165) is 18.0 Å². The van der Waals surface area contributed by atoms with Crippen molar-refractivity contribution in [2.75, 3.05) is 31.1 Å². The third-order valence-corrected chi connectivity index (χ3v) is 5.48. The number of halogens is 4. The van der Waals surface area contributed by atoms with Gasteiger partial charge in [-0.25, -0.2) is 9.67 Å². The number of amides is 1. The molecule has 0 N–H and O–H groups in total. The summed E-state index contributed by atoms with van der Waals surface area (Å²) in [6, 6.07) is 8.48. The maximum Gasteiger partial charge on any atom is 0.416 e. The number of anilines is 1. The summed E-state index contributed by atoms with van der Waals surface area (Å²) in [7, 11) is 0. The van der Waals surface area contributed by atoms with E-state index in [-0.39, 0.29) is 11.6 Å². The fourth-order valence-electron chi connectivity index (χ4n) is 3.56. The van der Waals surface area contributed by atoms with Crippen LogP contribution in [0, 0.1) is 6.92 Å². The molecule has 0 aliphatic carbocycles. The van der Waals surface area contributed by atoms with E-state index in [0.29, 0.717) is 42.5 Å². The third-order valence-electron chi connectivity index (χ3n) is 5.26. The highest BCUT2D eigenvalue weighted by molar-refractivity contribution is 6.30. The zero-order valence-corrected chi connectivity index (χ0v) is 17.4. The fraction of sp³-hybridized carbons (Fsp3) is 0.286. The Hall–Kier alpha value is -3.07. The largest absolute Gasteiger partial charge is 0.416 e. The number of alkyl halides is 3. The molecule has 3 heterocycles. The molecule has 1 fully saturated rings. The molecule has 3 aromatic rings. The van der Waals surface area contributed by atoms with Gasteiger partial charge in [0, 0.05) is 32.4 Å². The number of nitrogens with zero attached hydrogens (tertiary/aromatic N) is 5. The van der Waals surface area contributed by atoms with Crippen molar-refractivity contribution < 1.29 is 18.0 Å². The Balaban J connectivity index is 1.48. The molecule has 0 saturated carbocycles. The molecule has 10 heteroatoms. The van der Waals surface area contributed by atoms with Crippen molar-refractivity contribution in [3.05, 3.63) is 70.6 Å². The molecule has 0 atom stereocenters. The van der Waals surface area contributed by atoms with Gasteiger partial charge in [0.05, 0.1) is 33.7 Å². The number of aromatic nitrogens is 3. The molecule has 1 saturated heterocycles. The lowest BCUT2D eigenvalue weighted by molar-refractivity contribution is -0.137. The Bertz CT molecular complexity index is 1090. The summed E-state index contributed by atoms with van der Waals surface area (Å²) in [4.78, 5) is 21.1. The molecule has 1 aliphatic rings. The minimum atomic E-state index is -4.45. The molecule has 162 valence electrons. The second-order valence-corrected chi connectivity index (χ2v) is 7.65. The molecule has 6 nitrogen and oxygen atoms in total. The predicted octanol–water partition coefficient (Wildman–Crippen LogP) is 4.21. The van der Waals surface area contributed by atoms with Crippen LogP contribution in [-0.4, -0.2) is 51.8 Å². The van der Waals surface area contributed by atoms with Gasteiger partial charge in [-0.1, -0.05) is 17.7 Å². The van der Waals surface area contributed by atoms with Crippen LogP contribution in [0.1, 0.15) is 21.6 Å². The van der Waals surface area contributed by atoms with Gasteiger partial charge in [0.15, 0.2) is 0 Å². The van der Waals surface area contributed by atoms with Crippen LogP contribution in [0.25, 0.3) is 5.69 Å². The van der Waals surface area contributed by atoms with E-state index < -0.39 is 11.7 Å². The van der Waals surface area contributed by atoms with E-state index in [9.17, 15) is 18.0 Å². The van der Waals surface area contributed by atoms with Crippen molar-refractivity contribution in [1.29, 1.82) is 0 Å². The van der Waals surface area contributed by atoms with Crippen molar-refractivity contribution in [2.24, 2.45) is 0 Å². The van der Waals surface area contributed by atoms with Crippen LogP contribution in [0.4, 0.5) is 19.0 Å². The Morgan fingerprint density at radius 2 is 1.81 bits per heavy atom. The molecule has 1 aliphatic heterocycles. The van der Waals surface area contributed by atoms with Crippen LogP contribution >= 0.6 is 11.6 Å². The van der Waals surface area contributed by atoms with Crippen LogP contribution < -0.4 is 4.90 Å². The van der Waals surface area contributed by atoms with Crippen molar-refractivity contribution in [2.45, 2.75) is 13.1 Å². The zero-order chi connectivity index (χ0) is 22.2. The Morgan fingerprint density at radius 1 is 1.06 bits per heavy atom. The lowest BCUT2D eigenvalue weighted by atomic mass is 10.1. The Morgan fingerprint density at radius 3 is 2.45 bits per heavy atom. The molecule has 1 aromatic carbocycles. The number of hydrogen-bond acceptors (Lipinski definition) is 4. The van der Waals surface area contributed by atoms with E-state index >= 15 is 0 Å². The summed E-state index contributed by atoms with van der Waals surface area (Å²) >= 11 is 5.88. The summed E-state index contributed by atoms with van der Waals surface area (Å²) in [6.45, 7) is 3.89. The first kappa shape index (κ1) is 21.2. The average Bonchev–Trinajstić information content (AvgIpc) is 3.15. The van der Waals surface area contributed by atoms with E-state index in [1.165, 1.54) is 23.0 Å². The van der Waals surface area contributed by atoms with Crippen LogP contribution in [0.5, 0.6) is 0 Å². The lowest BCUT2D eigenvalue weighted by Crippen LogP contribution is -2.49. The summed E-state index contributed by atoms with van der Waals surface area (Å²) < 4.78 is 40.4. The topological polar surface area (TPSA) is 54.3 Å². The standard InChI is InChI=1S/C21H19ClF3N5O/c1-14-18(13-27-30(14)17-4-2-3-15(11-17)21(23,24)25)20(31)29-9-7-28(8-10-29)19-6-5-16(22)12-26-19/h2-6,11-13H,7-10H2,1H3. The normalized spacial score (nSPS) is 14.7. The molecule has 2 aromatic heterocycles. The Kier molecular flexibility index (Phi) is 5.62. The summed E-state index contributed by atoms with van der Waals surface area (Å²) in [5.74, 6) is 0.601. The van der Waals surface area contributed by atoms with Gasteiger partial charge < -0.3 is 9.80 Å². The quantitative estimate of drug-likeness (QED) is 0.601. The van der Waals surface area contributed by atoms with E-state index in [4.69, 9.17) is 11.6 Å². The summed E-state index contributed by atoms with van der Waals surface area (Å²) in [5.41, 5.74) is 0.353. The van der Waals surface area contributed by atoms with Crippen LogP contribution in [0.15, 0.2) is 48.8 Å². The second-order valence-electron chi connectivity index (χ2n) is 7.22. The first-order valence-electron chi connectivity index (χ1n) is 9.62. The van der Waals surface area contributed by atoms with Crippen molar-refractivity contribution in [3.8, 4) is 5.69 Å². The maximum absolute atomic E-state index is 13.0. The molecule has 31 heavy (non-hydrogen) atoms. The van der Waals surface area contributed by atoms with Gasteiger partial charge in [0.25, 0.3) is 5.91 Å². The Labute approximate surface area is 181 Å².